The van der Waals surface area contributed by atoms with Gasteiger partial charge in [0, 0.05) is 31.7 Å². The zero-order chi connectivity index (χ0) is 15.6. The van der Waals surface area contributed by atoms with Crippen LogP contribution in [-0.4, -0.2) is 49.3 Å². The Labute approximate surface area is 134 Å². The Balaban J connectivity index is 1.63. The van der Waals surface area contributed by atoms with Gasteiger partial charge in [0.2, 0.25) is 5.91 Å². The molecule has 126 valence electrons. The van der Waals surface area contributed by atoms with Gasteiger partial charge in [0.1, 0.15) is 0 Å². The number of amides is 1. The molecule has 1 saturated heterocycles. The molecule has 4 heteroatoms. The van der Waals surface area contributed by atoms with Gasteiger partial charge in [-0.2, -0.15) is 0 Å². The van der Waals surface area contributed by atoms with Crippen LogP contribution >= 0.6 is 0 Å². The smallest absolute Gasteiger partial charge is 0.225 e. The maximum Gasteiger partial charge on any atom is 0.225 e. The zero-order valence-corrected chi connectivity index (χ0v) is 14.2. The number of hydrogen-bond acceptors (Lipinski definition) is 3. The number of carbonyl (C=O) groups excluding carboxylic acids is 1. The highest BCUT2D eigenvalue weighted by Crippen LogP contribution is 2.55. The predicted octanol–water partition coefficient (Wildman–Crippen LogP) is 3.14. The first-order chi connectivity index (χ1) is 10.7. The summed E-state index contributed by atoms with van der Waals surface area (Å²) in [5.41, 5.74) is 0.231. The van der Waals surface area contributed by atoms with E-state index in [1.54, 1.807) is 0 Å². The van der Waals surface area contributed by atoms with Crippen LogP contribution in [0.5, 0.6) is 0 Å². The lowest BCUT2D eigenvalue weighted by Crippen LogP contribution is -2.65. The van der Waals surface area contributed by atoms with Crippen LogP contribution in [0.3, 0.4) is 0 Å². The number of hydrogen-bond donors (Lipinski definition) is 0. The standard InChI is InChI=1S/C18H31NO3/c1-3-21-16-13-15(18(16)9-5-4-6-10-18)19(2)17(20)12-14-8-7-11-22-14/h14-16H,3-13H2,1-2H3/t14-,15-,16-/m1/s1. The molecule has 1 heterocycles. The maximum atomic E-state index is 12.6. The van der Waals surface area contributed by atoms with E-state index in [-0.39, 0.29) is 17.4 Å². The Hall–Kier alpha value is -0.610. The average Bonchev–Trinajstić information content (AvgIpc) is 3.04. The minimum absolute atomic E-state index is 0.153. The van der Waals surface area contributed by atoms with Crippen molar-refractivity contribution >= 4 is 5.91 Å². The van der Waals surface area contributed by atoms with Gasteiger partial charge >= 0.3 is 0 Å². The van der Waals surface area contributed by atoms with E-state index >= 15 is 0 Å². The van der Waals surface area contributed by atoms with Gasteiger partial charge in [-0.1, -0.05) is 19.3 Å². The summed E-state index contributed by atoms with van der Waals surface area (Å²) in [6, 6.07) is 0.373. The van der Waals surface area contributed by atoms with Crippen LogP contribution in [0.4, 0.5) is 0 Å². The third-order valence-electron chi connectivity index (χ3n) is 6.18. The molecule has 0 N–H and O–H groups in total. The van der Waals surface area contributed by atoms with Crippen molar-refractivity contribution in [1.82, 2.24) is 4.90 Å². The summed E-state index contributed by atoms with van der Waals surface area (Å²) >= 11 is 0. The molecule has 0 radical (unpaired) electrons. The fourth-order valence-electron chi connectivity index (χ4n) is 4.89. The van der Waals surface area contributed by atoms with E-state index in [9.17, 15) is 4.79 Å². The predicted molar refractivity (Wildman–Crippen MR) is 85.7 cm³/mol. The molecule has 0 bridgehead atoms. The Morgan fingerprint density at radius 2 is 2.05 bits per heavy atom. The minimum Gasteiger partial charge on any atom is -0.378 e. The maximum absolute atomic E-state index is 12.6. The normalized spacial score (nSPS) is 33.6. The lowest BCUT2D eigenvalue weighted by atomic mass is 9.54. The average molecular weight is 309 g/mol. The molecule has 1 amide bonds. The van der Waals surface area contributed by atoms with Gasteiger partial charge in [0.05, 0.1) is 18.6 Å². The summed E-state index contributed by atoms with van der Waals surface area (Å²) < 4.78 is 11.6. The molecular weight excluding hydrogens is 278 g/mol. The first-order valence-electron chi connectivity index (χ1n) is 9.16. The second kappa shape index (κ2) is 6.88. The minimum atomic E-state index is 0.153. The Morgan fingerprint density at radius 3 is 2.68 bits per heavy atom. The van der Waals surface area contributed by atoms with Crippen molar-refractivity contribution < 1.29 is 14.3 Å². The van der Waals surface area contributed by atoms with Gasteiger partial charge in [0.25, 0.3) is 0 Å². The number of nitrogens with zero attached hydrogens (tertiary/aromatic N) is 1. The summed E-state index contributed by atoms with van der Waals surface area (Å²) in [6.07, 6.45) is 10.6. The summed E-state index contributed by atoms with van der Waals surface area (Å²) in [6.45, 7) is 3.68. The van der Waals surface area contributed by atoms with E-state index in [4.69, 9.17) is 9.47 Å². The SMILES string of the molecule is CCO[C@@H]1C[C@@H](N(C)C(=O)C[C@H]2CCCO2)C12CCCCC2. The molecule has 0 aromatic carbocycles. The first-order valence-corrected chi connectivity index (χ1v) is 9.16. The summed E-state index contributed by atoms with van der Waals surface area (Å²) in [5.74, 6) is 0.261. The van der Waals surface area contributed by atoms with Crippen molar-refractivity contribution in [3.05, 3.63) is 0 Å². The quantitative estimate of drug-likeness (QED) is 0.783. The van der Waals surface area contributed by atoms with Crippen LogP contribution < -0.4 is 0 Å². The molecule has 1 spiro atoms. The molecule has 3 atom stereocenters. The number of rotatable bonds is 5. The van der Waals surface area contributed by atoms with Gasteiger partial charge in [0.15, 0.2) is 0 Å². The Morgan fingerprint density at radius 1 is 1.27 bits per heavy atom. The van der Waals surface area contributed by atoms with Gasteiger partial charge in [-0.15, -0.1) is 0 Å². The molecule has 4 nitrogen and oxygen atoms in total. The van der Waals surface area contributed by atoms with Gasteiger partial charge < -0.3 is 14.4 Å². The monoisotopic (exact) mass is 309 g/mol. The highest BCUT2D eigenvalue weighted by molar-refractivity contribution is 5.77. The number of carbonyl (C=O) groups is 1. The van der Waals surface area contributed by atoms with Crippen LogP contribution in [0.25, 0.3) is 0 Å². The van der Waals surface area contributed by atoms with E-state index in [1.165, 1.54) is 32.1 Å². The van der Waals surface area contributed by atoms with Crippen molar-refractivity contribution in [2.45, 2.75) is 83.0 Å². The topological polar surface area (TPSA) is 38.8 Å². The first kappa shape index (κ1) is 16.3. The second-order valence-corrected chi connectivity index (χ2v) is 7.33. The van der Waals surface area contributed by atoms with Gasteiger partial charge in [-0.05, 0) is 39.0 Å². The Bertz CT molecular complexity index is 386. The molecule has 2 saturated carbocycles. The van der Waals surface area contributed by atoms with E-state index in [1.807, 2.05) is 11.9 Å². The zero-order valence-electron chi connectivity index (χ0n) is 14.2. The molecule has 0 aromatic heterocycles. The van der Waals surface area contributed by atoms with E-state index < -0.39 is 0 Å². The molecule has 3 rings (SSSR count). The second-order valence-electron chi connectivity index (χ2n) is 7.33. The summed E-state index contributed by atoms with van der Waals surface area (Å²) in [4.78, 5) is 14.7. The molecule has 2 aliphatic carbocycles. The molecule has 0 unspecified atom stereocenters. The fraction of sp³-hybridized carbons (Fsp3) is 0.944. The van der Waals surface area contributed by atoms with Crippen molar-refractivity contribution in [3.63, 3.8) is 0 Å². The molecular formula is C18H31NO3. The summed E-state index contributed by atoms with van der Waals surface area (Å²) in [7, 11) is 2.00. The molecule has 3 aliphatic rings. The number of ether oxygens (including phenoxy) is 2. The van der Waals surface area contributed by atoms with Crippen molar-refractivity contribution in [2.24, 2.45) is 5.41 Å². The lowest BCUT2D eigenvalue weighted by molar-refractivity contribution is -0.185. The molecule has 0 aromatic rings. The van der Waals surface area contributed by atoms with Crippen LogP contribution in [0.15, 0.2) is 0 Å². The fourth-order valence-corrected chi connectivity index (χ4v) is 4.89. The van der Waals surface area contributed by atoms with Crippen LogP contribution in [0.2, 0.25) is 0 Å². The van der Waals surface area contributed by atoms with Gasteiger partial charge in [-0.25, -0.2) is 0 Å². The lowest BCUT2D eigenvalue weighted by Gasteiger charge is -2.60. The third-order valence-corrected chi connectivity index (χ3v) is 6.18. The van der Waals surface area contributed by atoms with Crippen molar-refractivity contribution in [3.8, 4) is 0 Å². The van der Waals surface area contributed by atoms with E-state index in [0.29, 0.717) is 18.6 Å². The molecule has 3 fully saturated rings. The van der Waals surface area contributed by atoms with Crippen LogP contribution in [-0.2, 0) is 14.3 Å². The van der Waals surface area contributed by atoms with Crippen molar-refractivity contribution in [1.29, 1.82) is 0 Å². The van der Waals surface area contributed by atoms with E-state index in [0.717, 1.165) is 32.5 Å². The molecule has 1 aliphatic heterocycles. The largest absolute Gasteiger partial charge is 0.378 e. The third kappa shape index (κ3) is 2.92. The highest BCUT2D eigenvalue weighted by Gasteiger charge is 2.57. The Kier molecular flexibility index (Phi) is 5.08. The van der Waals surface area contributed by atoms with Crippen LogP contribution in [0.1, 0.15) is 64.7 Å². The van der Waals surface area contributed by atoms with Gasteiger partial charge in [-0.3, -0.25) is 4.79 Å². The highest BCUT2D eigenvalue weighted by atomic mass is 16.5. The van der Waals surface area contributed by atoms with Crippen molar-refractivity contribution in [2.75, 3.05) is 20.3 Å². The summed E-state index contributed by atoms with van der Waals surface area (Å²) in [5, 5.41) is 0. The van der Waals surface area contributed by atoms with E-state index in [2.05, 4.69) is 6.92 Å². The molecule has 22 heavy (non-hydrogen) atoms. The van der Waals surface area contributed by atoms with Crippen LogP contribution in [0, 0.1) is 5.41 Å².